The van der Waals surface area contributed by atoms with Crippen molar-refractivity contribution in [1.29, 1.82) is 0 Å². The number of hydrogen-bond donors (Lipinski definition) is 0. The Morgan fingerprint density at radius 1 is 1.55 bits per heavy atom. The lowest BCUT2D eigenvalue weighted by Crippen LogP contribution is -2.23. The number of carboxylic acid groups (broad SMARTS) is 1. The molecule has 0 aromatic heterocycles. The Morgan fingerprint density at radius 2 is 2.18 bits per heavy atom. The van der Waals surface area contributed by atoms with Crippen LogP contribution in [-0.4, -0.2) is 5.97 Å². The molecule has 58 valence electrons. The molecule has 0 amide bonds. The molecule has 2 nitrogen and oxygen atoms in total. The summed E-state index contributed by atoms with van der Waals surface area (Å²) in [6.07, 6.45) is 0. The van der Waals surface area contributed by atoms with Crippen LogP contribution in [0, 0.1) is 3.57 Å². The summed E-state index contributed by atoms with van der Waals surface area (Å²) in [5.41, 5.74) is 0.230. The summed E-state index contributed by atoms with van der Waals surface area (Å²) in [5, 5.41) is 10.4. The predicted molar refractivity (Wildman–Crippen MR) is 51.2 cm³/mol. The first-order chi connectivity index (χ1) is 5.11. The van der Waals surface area contributed by atoms with E-state index in [1.165, 1.54) is 6.07 Å². The standard InChI is InChI=1S/C7H4BrIO2/c8-4-1-2-5(7(10)11)6(9)3-4/h1-3H,(H,10,11)/p-1. The molecule has 0 aliphatic heterocycles. The van der Waals surface area contributed by atoms with E-state index in [2.05, 4.69) is 15.9 Å². The molecule has 0 atom stereocenters. The van der Waals surface area contributed by atoms with Crippen LogP contribution in [0.1, 0.15) is 10.4 Å². The third kappa shape index (κ3) is 2.16. The first-order valence-electron chi connectivity index (χ1n) is 2.77. The highest BCUT2D eigenvalue weighted by atomic mass is 127. The zero-order valence-electron chi connectivity index (χ0n) is 5.30. The van der Waals surface area contributed by atoms with Crippen molar-refractivity contribution in [3.05, 3.63) is 31.8 Å². The molecule has 0 bridgehead atoms. The molecule has 0 heterocycles. The monoisotopic (exact) mass is 325 g/mol. The minimum atomic E-state index is -1.14. The number of carboxylic acids is 1. The van der Waals surface area contributed by atoms with Gasteiger partial charge < -0.3 is 9.90 Å². The Labute approximate surface area is 85.9 Å². The van der Waals surface area contributed by atoms with Gasteiger partial charge in [-0.2, -0.15) is 0 Å². The largest absolute Gasteiger partial charge is 0.545 e. The van der Waals surface area contributed by atoms with Crippen molar-refractivity contribution in [2.24, 2.45) is 0 Å². The molecular weight excluding hydrogens is 323 g/mol. The van der Waals surface area contributed by atoms with Crippen molar-refractivity contribution in [3.63, 3.8) is 0 Å². The molecule has 11 heavy (non-hydrogen) atoms. The number of aromatic carboxylic acids is 1. The fraction of sp³-hybridized carbons (Fsp3) is 0. The van der Waals surface area contributed by atoms with Crippen molar-refractivity contribution < 1.29 is 9.90 Å². The molecule has 0 aliphatic carbocycles. The quantitative estimate of drug-likeness (QED) is 0.733. The summed E-state index contributed by atoms with van der Waals surface area (Å²) in [6, 6.07) is 4.92. The fourth-order valence-corrected chi connectivity index (χ4v) is 2.18. The molecule has 4 heteroatoms. The maximum atomic E-state index is 10.4. The van der Waals surface area contributed by atoms with E-state index >= 15 is 0 Å². The second-order valence-corrected chi connectivity index (χ2v) is 3.99. The normalized spacial score (nSPS) is 9.64. The summed E-state index contributed by atoms with van der Waals surface area (Å²) in [5.74, 6) is -1.14. The van der Waals surface area contributed by atoms with Crippen LogP contribution in [0.3, 0.4) is 0 Å². The first-order valence-corrected chi connectivity index (χ1v) is 4.65. The van der Waals surface area contributed by atoms with Crippen LogP contribution in [-0.2, 0) is 0 Å². The van der Waals surface area contributed by atoms with Gasteiger partial charge in [0.1, 0.15) is 0 Å². The molecular formula is C7H3BrIO2-. The topological polar surface area (TPSA) is 40.1 Å². The summed E-state index contributed by atoms with van der Waals surface area (Å²) < 4.78 is 1.55. The lowest BCUT2D eigenvalue weighted by atomic mass is 10.2. The van der Waals surface area contributed by atoms with E-state index in [4.69, 9.17) is 0 Å². The van der Waals surface area contributed by atoms with Gasteiger partial charge in [-0.15, -0.1) is 0 Å². The molecule has 0 fully saturated rings. The number of halogens is 2. The van der Waals surface area contributed by atoms with E-state index in [9.17, 15) is 9.90 Å². The van der Waals surface area contributed by atoms with Gasteiger partial charge in [-0.05, 0) is 34.7 Å². The van der Waals surface area contributed by atoms with E-state index in [0.717, 1.165) is 4.47 Å². The highest BCUT2D eigenvalue weighted by Gasteiger charge is 1.99. The third-order valence-electron chi connectivity index (χ3n) is 1.15. The minimum Gasteiger partial charge on any atom is -0.545 e. The fourth-order valence-electron chi connectivity index (χ4n) is 0.655. The second kappa shape index (κ2) is 3.53. The Hall–Kier alpha value is -0.100. The minimum absolute atomic E-state index is 0.230. The zero-order valence-corrected chi connectivity index (χ0v) is 9.05. The van der Waals surface area contributed by atoms with Crippen molar-refractivity contribution in [2.75, 3.05) is 0 Å². The first kappa shape index (κ1) is 8.99. The van der Waals surface area contributed by atoms with Crippen LogP contribution in [0.4, 0.5) is 0 Å². The lowest BCUT2D eigenvalue weighted by Gasteiger charge is -2.04. The van der Waals surface area contributed by atoms with Gasteiger partial charge in [-0.25, -0.2) is 0 Å². The van der Waals surface area contributed by atoms with Crippen LogP contribution in [0.15, 0.2) is 22.7 Å². The van der Waals surface area contributed by atoms with Crippen molar-refractivity contribution >= 4 is 44.5 Å². The molecule has 0 spiro atoms. The van der Waals surface area contributed by atoms with Crippen molar-refractivity contribution in [2.45, 2.75) is 0 Å². The van der Waals surface area contributed by atoms with Gasteiger partial charge in [0.05, 0.1) is 5.97 Å². The number of carbonyl (C=O) groups excluding carboxylic acids is 1. The molecule has 0 aliphatic rings. The van der Waals surface area contributed by atoms with Crippen LogP contribution >= 0.6 is 38.5 Å². The molecule has 1 rings (SSSR count). The number of benzene rings is 1. The second-order valence-electron chi connectivity index (χ2n) is 1.91. The van der Waals surface area contributed by atoms with E-state index < -0.39 is 5.97 Å². The van der Waals surface area contributed by atoms with Crippen LogP contribution in [0.2, 0.25) is 0 Å². The summed E-state index contributed by atoms with van der Waals surface area (Å²) in [6.45, 7) is 0. The lowest BCUT2D eigenvalue weighted by molar-refractivity contribution is -0.255. The van der Waals surface area contributed by atoms with Crippen LogP contribution in [0.25, 0.3) is 0 Å². The van der Waals surface area contributed by atoms with Crippen LogP contribution in [0.5, 0.6) is 0 Å². The maximum absolute atomic E-state index is 10.4. The Morgan fingerprint density at radius 3 is 2.64 bits per heavy atom. The molecule has 0 unspecified atom stereocenters. The van der Waals surface area contributed by atoms with E-state index in [0.29, 0.717) is 3.57 Å². The highest BCUT2D eigenvalue weighted by Crippen LogP contribution is 2.17. The Bertz CT molecular complexity index is 298. The molecule has 0 N–H and O–H groups in total. The summed E-state index contributed by atoms with van der Waals surface area (Å²) >= 11 is 5.18. The highest BCUT2D eigenvalue weighted by molar-refractivity contribution is 14.1. The molecule has 1 aromatic carbocycles. The smallest absolute Gasteiger partial charge is 0.0725 e. The predicted octanol–water partition coefficient (Wildman–Crippen LogP) is 1.42. The molecule has 0 radical (unpaired) electrons. The van der Waals surface area contributed by atoms with Crippen LogP contribution < -0.4 is 5.11 Å². The van der Waals surface area contributed by atoms with Gasteiger partial charge in [0, 0.05) is 13.6 Å². The van der Waals surface area contributed by atoms with Gasteiger partial charge >= 0.3 is 0 Å². The zero-order chi connectivity index (χ0) is 8.43. The number of rotatable bonds is 1. The van der Waals surface area contributed by atoms with E-state index in [-0.39, 0.29) is 5.56 Å². The molecule has 0 saturated carbocycles. The number of carbonyl (C=O) groups is 1. The average Bonchev–Trinajstić information content (AvgIpc) is 1.85. The molecule has 1 aromatic rings. The summed E-state index contributed by atoms with van der Waals surface area (Å²) in [4.78, 5) is 10.4. The van der Waals surface area contributed by atoms with Crippen molar-refractivity contribution in [3.8, 4) is 0 Å². The molecule has 0 saturated heterocycles. The van der Waals surface area contributed by atoms with Gasteiger partial charge in [-0.1, -0.05) is 22.0 Å². The van der Waals surface area contributed by atoms with Gasteiger partial charge in [0.2, 0.25) is 0 Å². The Balaban J connectivity index is 3.20. The van der Waals surface area contributed by atoms with E-state index in [1.807, 2.05) is 22.6 Å². The number of hydrogen-bond acceptors (Lipinski definition) is 2. The van der Waals surface area contributed by atoms with Gasteiger partial charge in [0.15, 0.2) is 0 Å². The average molecular weight is 326 g/mol. The summed E-state index contributed by atoms with van der Waals surface area (Å²) in [7, 11) is 0. The maximum Gasteiger partial charge on any atom is 0.0725 e. The third-order valence-corrected chi connectivity index (χ3v) is 2.54. The Kier molecular flexibility index (Phi) is 2.89. The van der Waals surface area contributed by atoms with Gasteiger partial charge in [0.25, 0.3) is 0 Å². The van der Waals surface area contributed by atoms with Gasteiger partial charge in [-0.3, -0.25) is 0 Å². The van der Waals surface area contributed by atoms with E-state index in [1.54, 1.807) is 12.1 Å². The SMILES string of the molecule is O=C([O-])c1ccc(Br)cc1I. The van der Waals surface area contributed by atoms with Crippen molar-refractivity contribution in [1.82, 2.24) is 0 Å².